The molecule has 2 nitrogen and oxygen atoms in total. The van der Waals surface area contributed by atoms with Crippen molar-refractivity contribution in [2.75, 3.05) is 0 Å². The van der Waals surface area contributed by atoms with Crippen LogP contribution in [0.3, 0.4) is 0 Å². The molecule has 0 bridgehead atoms. The topological polar surface area (TPSA) is 25.8 Å². The number of halogens is 2. The van der Waals surface area contributed by atoms with Crippen molar-refractivity contribution in [3.05, 3.63) is 69.7 Å². The number of hydrogen-bond acceptors (Lipinski definition) is 3. The van der Waals surface area contributed by atoms with Crippen LogP contribution >= 0.6 is 34.5 Å². The second-order valence-electron chi connectivity index (χ2n) is 4.68. The molecule has 3 aromatic rings. The van der Waals surface area contributed by atoms with Gasteiger partial charge in [-0.3, -0.25) is 0 Å². The monoisotopic (exact) mass is 334 g/mol. The third-order valence-corrected chi connectivity index (χ3v) is 5.20. The summed E-state index contributed by atoms with van der Waals surface area (Å²) in [6.07, 6.45) is 0. The maximum absolute atomic E-state index is 6.47. The van der Waals surface area contributed by atoms with Crippen molar-refractivity contribution in [1.82, 2.24) is 10.2 Å². The molecule has 3 rings (SSSR count). The Balaban J connectivity index is 1.91. The molecule has 1 atom stereocenters. The fourth-order valence-electron chi connectivity index (χ4n) is 1.94. The first-order valence-electron chi connectivity index (χ1n) is 6.44. The SMILES string of the molecule is Cc1ccc(-c2nnc(C(Cl)c3ccccc3)s2)cc1Cl. The molecule has 0 N–H and O–H groups in total. The van der Waals surface area contributed by atoms with E-state index in [1.165, 1.54) is 11.3 Å². The molecule has 0 aliphatic carbocycles. The third-order valence-electron chi connectivity index (χ3n) is 3.17. The maximum Gasteiger partial charge on any atom is 0.147 e. The lowest BCUT2D eigenvalue weighted by atomic mass is 10.1. The summed E-state index contributed by atoms with van der Waals surface area (Å²) in [5, 5.41) is 10.5. The molecule has 1 unspecified atom stereocenters. The molecule has 2 aromatic carbocycles. The number of nitrogens with zero attached hydrogens (tertiary/aromatic N) is 2. The Hall–Kier alpha value is -1.42. The van der Waals surface area contributed by atoms with Crippen molar-refractivity contribution >= 4 is 34.5 Å². The van der Waals surface area contributed by atoms with Gasteiger partial charge < -0.3 is 0 Å². The molecule has 1 heterocycles. The predicted octanol–water partition coefficient (Wildman–Crippen LogP) is 5.50. The number of hydrogen-bond donors (Lipinski definition) is 0. The minimum Gasteiger partial charge on any atom is -0.141 e. The molecule has 106 valence electrons. The van der Waals surface area contributed by atoms with Crippen molar-refractivity contribution in [1.29, 1.82) is 0 Å². The van der Waals surface area contributed by atoms with E-state index in [2.05, 4.69) is 10.2 Å². The fraction of sp³-hybridized carbons (Fsp3) is 0.125. The van der Waals surface area contributed by atoms with E-state index < -0.39 is 0 Å². The molecule has 0 radical (unpaired) electrons. The van der Waals surface area contributed by atoms with Gasteiger partial charge in [0.05, 0.1) is 0 Å². The maximum atomic E-state index is 6.47. The molecule has 0 aliphatic rings. The van der Waals surface area contributed by atoms with E-state index in [-0.39, 0.29) is 5.38 Å². The lowest BCUT2D eigenvalue weighted by molar-refractivity contribution is 0.988. The Bertz CT molecular complexity index is 756. The molecular weight excluding hydrogens is 323 g/mol. The lowest BCUT2D eigenvalue weighted by Gasteiger charge is -2.04. The van der Waals surface area contributed by atoms with Gasteiger partial charge in [0.25, 0.3) is 0 Å². The van der Waals surface area contributed by atoms with Gasteiger partial charge in [0.2, 0.25) is 0 Å². The molecule has 21 heavy (non-hydrogen) atoms. The Labute approximate surface area is 137 Å². The van der Waals surface area contributed by atoms with E-state index in [4.69, 9.17) is 23.2 Å². The van der Waals surface area contributed by atoms with Gasteiger partial charge in [0, 0.05) is 10.6 Å². The Kier molecular flexibility index (Phi) is 4.24. The van der Waals surface area contributed by atoms with E-state index in [0.717, 1.165) is 31.7 Å². The zero-order valence-electron chi connectivity index (χ0n) is 11.3. The van der Waals surface area contributed by atoms with Gasteiger partial charge in [-0.25, -0.2) is 0 Å². The van der Waals surface area contributed by atoms with Crippen LogP contribution in [-0.4, -0.2) is 10.2 Å². The first kappa shape index (κ1) is 14.5. The van der Waals surface area contributed by atoms with E-state index in [1.807, 2.05) is 55.5 Å². The summed E-state index contributed by atoms with van der Waals surface area (Å²) in [6.45, 7) is 1.97. The normalized spacial score (nSPS) is 12.3. The second-order valence-corrected chi connectivity index (χ2v) is 6.54. The highest BCUT2D eigenvalue weighted by atomic mass is 35.5. The zero-order chi connectivity index (χ0) is 14.8. The number of benzene rings is 2. The largest absolute Gasteiger partial charge is 0.147 e. The minimum atomic E-state index is -0.279. The van der Waals surface area contributed by atoms with Crippen molar-refractivity contribution in [3.63, 3.8) is 0 Å². The van der Waals surface area contributed by atoms with Gasteiger partial charge in [-0.2, -0.15) is 0 Å². The lowest BCUT2D eigenvalue weighted by Crippen LogP contribution is -1.91. The summed E-state index contributed by atoms with van der Waals surface area (Å²) in [5.41, 5.74) is 3.03. The standard InChI is InChI=1S/C16H12Cl2N2S/c1-10-7-8-12(9-13(10)17)15-19-20-16(21-15)14(18)11-5-3-2-4-6-11/h2-9,14H,1H3. The number of aromatic nitrogens is 2. The molecule has 0 amide bonds. The van der Waals surface area contributed by atoms with Gasteiger partial charge in [0.1, 0.15) is 15.4 Å². The van der Waals surface area contributed by atoms with Gasteiger partial charge in [0.15, 0.2) is 0 Å². The van der Waals surface area contributed by atoms with Crippen LogP contribution in [0.15, 0.2) is 48.5 Å². The van der Waals surface area contributed by atoms with Crippen LogP contribution in [0.2, 0.25) is 5.02 Å². The van der Waals surface area contributed by atoms with Crippen LogP contribution in [0.5, 0.6) is 0 Å². The quantitative estimate of drug-likeness (QED) is 0.591. The molecule has 0 fully saturated rings. The van der Waals surface area contributed by atoms with Gasteiger partial charge in [-0.05, 0) is 24.1 Å². The Morgan fingerprint density at radius 1 is 1.05 bits per heavy atom. The van der Waals surface area contributed by atoms with Crippen molar-refractivity contribution in [3.8, 4) is 10.6 Å². The first-order valence-corrected chi connectivity index (χ1v) is 8.07. The van der Waals surface area contributed by atoms with Crippen molar-refractivity contribution in [2.45, 2.75) is 12.3 Å². The molecular formula is C16H12Cl2N2S. The van der Waals surface area contributed by atoms with E-state index >= 15 is 0 Å². The molecule has 1 aromatic heterocycles. The predicted molar refractivity (Wildman–Crippen MR) is 89.2 cm³/mol. The van der Waals surface area contributed by atoms with E-state index in [9.17, 15) is 0 Å². The van der Waals surface area contributed by atoms with Crippen LogP contribution in [0.25, 0.3) is 10.6 Å². The zero-order valence-corrected chi connectivity index (χ0v) is 13.6. The highest BCUT2D eigenvalue weighted by molar-refractivity contribution is 7.15. The van der Waals surface area contributed by atoms with Crippen LogP contribution in [0.1, 0.15) is 21.5 Å². The van der Waals surface area contributed by atoms with E-state index in [1.54, 1.807) is 0 Å². The van der Waals surface area contributed by atoms with E-state index in [0.29, 0.717) is 0 Å². The van der Waals surface area contributed by atoms with Gasteiger partial charge in [-0.1, -0.05) is 65.4 Å². The highest BCUT2D eigenvalue weighted by Gasteiger charge is 2.17. The second kappa shape index (κ2) is 6.14. The van der Waals surface area contributed by atoms with Crippen LogP contribution in [0.4, 0.5) is 0 Å². The fourth-order valence-corrected chi connectivity index (χ4v) is 3.29. The summed E-state index contributed by atoms with van der Waals surface area (Å²) in [4.78, 5) is 0. The van der Waals surface area contributed by atoms with Crippen molar-refractivity contribution < 1.29 is 0 Å². The Morgan fingerprint density at radius 3 is 2.52 bits per heavy atom. The third kappa shape index (κ3) is 3.10. The molecule has 0 aliphatic heterocycles. The average Bonchev–Trinajstić information content (AvgIpc) is 3.00. The van der Waals surface area contributed by atoms with Gasteiger partial charge >= 0.3 is 0 Å². The smallest absolute Gasteiger partial charge is 0.141 e. The molecule has 0 saturated heterocycles. The van der Waals surface area contributed by atoms with Crippen molar-refractivity contribution in [2.24, 2.45) is 0 Å². The summed E-state index contributed by atoms with van der Waals surface area (Å²) in [5.74, 6) is 0. The summed E-state index contributed by atoms with van der Waals surface area (Å²) < 4.78 is 0. The van der Waals surface area contributed by atoms with Gasteiger partial charge in [-0.15, -0.1) is 21.8 Å². The van der Waals surface area contributed by atoms with Crippen LogP contribution in [0, 0.1) is 6.92 Å². The molecule has 5 heteroatoms. The highest BCUT2D eigenvalue weighted by Crippen LogP contribution is 2.34. The molecule has 0 saturated carbocycles. The van der Waals surface area contributed by atoms with Crippen LogP contribution in [-0.2, 0) is 0 Å². The molecule has 0 spiro atoms. The number of aryl methyl sites for hydroxylation is 1. The van der Waals surface area contributed by atoms with Crippen LogP contribution < -0.4 is 0 Å². The minimum absolute atomic E-state index is 0.279. The first-order chi connectivity index (χ1) is 10.1. The summed E-state index contributed by atoms with van der Waals surface area (Å²) in [7, 11) is 0. The average molecular weight is 335 g/mol. The summed E-state index contributed by atoms with van der Waals surface area (Å²) in [6, 6.07) is 15.8. The Morgan fingerprint density at radius 2 is 1.81 bits per heavy atom. The number of alkyl halides is 1. The summed E-state index contributed by atoms with van der Waals surface area (Å²) >= 11 is 14.1. The number of rotatable bonds is 3.